The molecule has 2 heterocycles. The number of hydrogen-bond donors (Lipinski definition) is 1. The topological polar surface area (TPSA) is 41.6 Å². The van der Waals surface area contributed by atoms with Crippen molar-refractivity contribution in [1.82, 2.24) is 10.2 Å². The van der Waals surface area contributed by atoms with Crippen LogP contribution in [0.1, 0.15) is 26.7 Å². The maximum absolute atomic E-state index is 12.3. The monoisotopic (exact) mass is 212 g/mol. The Morgan fingerprint density at radius 2 is 2.33 bits per heavy atom. The third-order valence-corrected chi connectivity index (χ3v) is 3.33. The summed E-state index contributed by atoms with van der Waals surface area (Å²) >= 11 is 0. The molecule has 1 atom stereocenters. The molecule has 2 aliphatic rings. The van der Waals surface area contributed by atoms with Crippen LogP contribution in [0.3, 0.4) is 0 Å². The molecule has 0 saturated carbocycles. The summed E-state index contributed by atoms with van der Waals surface area (Å²) in [6.45, 7) is 7.21. The Balaban J connectivity index is 2.14. The predicted octanol–water partition coefficient (Wildman–Crippen LogP) is 0.376. The van der Waals surface area contributed by atoms with Gasteiger partial charge in [-0.25, -0.2) is 0 Å². The Kier molecular flexibility index (Phi) is 2.98. The van der Waals surface area contributed by atoms with Crippen LogP contribution in [0.4, 0.5) is 0 Å². The first-order valence-corrected chi connectivity index (χ1v) is 5.81. The molecule has 2 fully saturated rings. The van der Waals surface area contributed by atoms with Crippen molar-refractivity contribution in [2.75, 3.05) is 26.2 Å². The molecule has 0 aromatic carbocycles. The molecule has 0 aromatic heterocycles. The zero-order valence-electron chi connectivity index (χ0n) is 9.58. The van der Waals surface area contributed by atoms with Crippen LogP contribution in [-0.4, -0.2) is 48.7 Å². The van der Waals surface area contributed by atoms with E-state index in [9.17, 15) is 4.79 Å². The summed E-state index contributed by atoms with van der Waals surface area (Å²) in [6, 6.07) is 0.278. The van der Waals surface area contributed by atoms with E-state index >= 15 is 0 Å². The molecule has 0 aromatic rings. The minimum atomic E-state index is -0.555. The van der Waals surface area contributed by atoms with Crippen molar-refractivity contribution >= 4 is 5.91 Å². The molecule has 2 rings (SSSR count). The number of nitrogens with one attached hydrogen (secondary N) is 1. The third kappa shape index (κ3) is 1.88. The Morgan fingerprint density at radius 3 is 2.93 bits per heavy atom. The van der Waals surface area contributed by atoms with E-state index in [4.69, 9.17) is 4.74 Å². The van der Waals surface area contributed by atoms with Crippen LogP contribution in [0.15, 0.2) is 0 Å². The average molecular weight is 212 g/mol. The van der Waals surface area contributed by atoms with Gasteiger partial charge in [-0.15, -0.1) is 0 Å². The number of carbonyl (C=O) groups is 1. The van der Waals surface area contributed by atoms with Gasteiger partial charge in [-0.3, -0.25) is 4.79 Å². The fourth-order valence-electron chi connectivity index (χ4n) is 2.44. The molecule has 86 valence electrons. The lowest BCUT2D eigenvalue weighted by molar-refractivity contribution is -0.177. The van der Waals surface area contributed by atoms with Gasteiger partial charge in [-0.2, -0.15) is 0 Å². The van der Waals surface area contributed by atoms with E-state index in [0.717, 1.165) is 25.9 Å². The van der Waals surface area contributed by atoms with Crippen LogP contribution < -0.4 is 5.32 Å². The van der Waals surface area contributed by atoms with E-state index in [0.29, 0.717) is 13.2 Å². The van der Waals surface area contributed by atoms with Crippen molar-refractivity contribution in [2.45, 2.75) is 38.3 Å². The van der Waals surface area contributed by atoms with Gasteiger partial charge in [0.25, 0.3) is 5.91 Å². The minimum absolute atomic E-state index is 0.177. The molecular formula is C11H20N2O2. The normalized spacial score (nSPS) is 32.7. The first kappa shape index (κ1) is 10.9. The Morgan fingerprint density at radius 1 is 1.53 bits per heavy atom. The largest absolute Gasteiger partial charge is 0.362 e. The standard InChI is InChI=1S/C11H20N2O2/c1-9(2)13-6-7-15-11(10(13)14)4-3-5-12-8-11/h9,12H,3-8H2,1-2H3/t11-/m1/s1. The molecule has 1 amide bonds. The van der Waals surface area contributed by atoms with Gasteiger partial charge in [0.2, 0.25) is 0 Å². The maximum Gasteiger partial charge on any atom is 0.256 e. The number of amides is 1. The molecule has 4 nitrogen and oxygen atoms in total. The fraction of sp³-hybridized carbons (Fsp3) is 0.909. The summed E-state index contributed by atoms with van der Waals surface area (Å²) in [5.41, 5.74) is -0.555. The lowest BCUT2D eigenvalue weighted by Gasteiger charge is -2.45. The highest BCUT2D eigenvalue weighted by Gasteiger charge is 2.46. The van der Waals surface area contributed by atoms with Crippen molar-refractivity contribution in [3.05, 3.63) is 0 Å². The van der Waals surface area contributed by atoms with E-state index in [2.05, 4.69) is 19.2 Å². The van der Waals surface area contributed by atoms with Gasteiger partial charge in [0.15, 0.2) is 5.60 Å². The van der Waals surface area contributed by atoms with Crippen molar-refractivity contribution in [2.24, 2.45) is 0 Å². The first-order chi connectivity index (χ1) is 7.16. The quantitative estimate of drug-likeness (QED) is 0.683. The Labute approximate surface area is 91.0 Å². The second kappa shape index (κ2) is 4.10. The van der Waals surface area contributed by atoms with Crippen LogP contribution in [0, 0.1) is 0 Å². The van der Waals surface area contributed by atoms with E-state index in [-0.39, 0.29) is 11.9 Å². The van der Waals surface area contributed by atoms with E-state index < -0.39 is 5.60 Å². The predicted molar refractivity (Wildman–Crippen MR) is 57.6 cm³/mol. The van der Waals surface area contributed by atoms with Gasteiger partial charge in [0, 0.05) is 19.1 Å². The lowest BCUT2D eigenvalue weighted by Crippen LogP contribution is -2.63. The summed E-state index contributed by atoms with van der Waals surface area (Å²) in [4.78, 5) is 14.2. The van der Waals surface area contributed by atoms with Gasteiger partial charge >= 0.3 is 0 Å². The molecule has 0 radical (unpaired) electrons. The van der Waals surface area contributed by atoms with Crippen molar-refractivity contribution in [3.8, 4) is 0 Å². The van der Waals surface area contributed by atoms with Crippen LogP contribution in [0.25, 0.3) is 0 Å². The molecule has 0 bridgehead atoms. The maximum atomic E-state index is 12.3. The van der Waals surface area contributed by atoms with Crippen LogP contribution in [-0.2, 0) is 9.53 Å². The van der Waals surface area contributed by atoms with Gasteiger partial charge in [-0.05, 0) is 33.2 Å². The number of morpholine rings is 1. The number of carbonyl (C=O) groups excluding carboxylic acids is 1. The molecule has 2 aliphatic heterocycles. The van der Waals surface area contributed by atoms with Gasteiger partial charge in [0.05, 0.1) is 6.61 Å². The summed E-state index contributed by atoms with van der Waals surface area (Å²) in [7, 11) is 0. The molecule has 0 aliphatic carbocycles. The minimum Gasteiger partial charge on any atom is -0.362 e. The molecule has 1 spiro atoms. The molecule has 15 heavy (non-hydrogen) atoms. The van der Waals surface area contributed by atoms with Gasteiger partial charge < -0.3 is 15.0 Å². The molecule has 1 N–H and O–H groups in total. The highest BCUT2D eigenvalue weighted by molar-refractivity contribution is 5.86. The van der Waals surface area contributed by atoms with E-state index in [1.54, 1.807) is 0 Å². The van der Waals surface area contributed by atoms with E-state index in [1.807, 2.05) is 4.90 Å². The second-order valence-electron chi connectivity index (χ2n) is 4.72. The number of piperidine rings is 1. The molecular weight excluding hydrogens is 192 g/mol. The van der Waals surface area contributed by atoms with Crippen molar-refractivity contribution in [3.63, 3.8) is 0 Å². The SMILES string of the molecule is CC(C)N1CCO[C@@]2(CCCNC2)C1=O. The molecule has 0 unspecified atom stereocenters. The highest BCUT2D eigenvalue weighted by Crippen LogP contribution is 2.27. The van der Waals surface area contributed by atoms with E-state index in [1.165, 1.54) is 0 Å². The summed E-state index contributed by atoms with van der Waals surface area (Å²) in [5.74, 6) is 0.177. The number of nitrogens with zero attached hydrogens (tertiary/aromatic N) is 1. The van der Waals surface area contributed by atoms with Gasteiger partial charge in [0.1, 0.15) is 0 Å². The first-order valence-electron chi connectivity index (χ1n) is 5.81. The Hall–Kier alpha value is -0.610. The lowest BCUT2D eigenvalue weighted by atomic mass is 9.90. The summed E-state index contributed by atoms with van der Waals surface area (Å²) < 4.78 is 5.75. The van der Waals surface area contributed by atoms with Crippen LogP contribution in [0.5, 0.6) is 0 Å². The number of rotatable bonds is 1. The number of ether oxygens (including phenoxy) is 1. The van der Waals surface area contributed by atoms with Gasteiger partial charge in [-0.1, -0.05) is 0 Å². The average Bonchev–Trinajstić information content (AvgIpc) is 2.23. The van der Waals surface area contributed by atoms with Crippen LogP contribution in [0.2, 0.25) is 0 Å². The zero-order valence-corrected chi connectivity index (χ0v) is 9.58. The number of hydrogen-bond acceptors (Lipinski definition) is 3. The fourth-order valence-corrected chi connectivity index (χ4v) is 2.44. The molecule has 2 saturated heterocycles. The highest BCUT2D eigenvalue weighted by atomic mass is 16.5. The molecule has 4 heteroatoms. The third-order valence-electron chi connectivity index (χ3n) is 3.33. The van der Waals surface area contributed by atoms with Crippen LogP contribution >= 0.6 is 0 Å². The van der Waals surface area contributed by atoms with Crippen molar-refractivity contribution in [1.29, 1.82) is 0 Å². The smallest absolute Gasteiger partial charge is 0.256 e. The second-order valence-corrected chi connectivity index (χ2v) is 4.72. The summed E-state index contributed by atoms with van der Waals surface area (Å²) in [6.07, 6.45) is 1.89. The summed E-state index contributed by atoms with van der Waals surface area (Å²) in [5, 5.41) is 3.26. The Bertz CT molecular complexity index is 241. The zero-order chi connectivity index (χ0) is 10.9. The van der Waals surface area contributed by atoms with Crippen molar-refractivity contribution < 1.29 is 9.53 Å².